The summed E-state index contributed by atoms with van der Waals surface area (Å²) in [6, 6.07) is 4.82. The highest BCUT2D eigenvalue weighted by Crippen LogP contribution is 2.19. The molecule has 25 heavy (non-hydrogen) atoms. The molecule has 0 bridgehead atoms. The summed E-state index contributed by atoms with van der Waals surface area (Å²) in [4.78, 5) is 10.2. The third kappa shape index (κ3) is 4.91. The van der Waals surface area contributed by atoms with Gasteiger partial charge in [-0.1, -0.05) is 6.07 Å². The van der Waals surface area contributed by atoms with Crippen LogP contribution in [-0.2, 0) is 29.8 Å². The van der Waals surface area contributed by atoms with Gasteiger partial charge < -0.3 is 5.32 Å². The van der Waals surface area contributed by atoms with Crippen molar-refractivity contribution in [2.75, 3.05) is 17.8 Å². The van der Waals surface area contributed by atoms with E-state index in [0.29, 0.717) is 0 Å². The van der Waals surface area contributed by atoms with Crippen LogP contribution in [-0.4, -0.2) is 57.3 Å². The first-order valence-electron chi connectivity index (χ1n) is 6.27. The monoisotopic (exact) mass is 408 g/mol. The number of anilines is 2. The predicted molar refractivity (Wildman–Crippen MR) is 85.6 cm³/mol. The molecule has 0 aliphatic carbocycles. The molecule has 0 saturated carbocycles. The fourth-order valence-electron chi connectivity index (χ4n) is 1.59. The third-order valence-electron chi connectivity index (χ3n) is 2.65. The van der Waals surface area contributed by atoms with Crippen molar-refractivity contribution < 1.29 is 29.8 Å². The number of hydrogen-bond donors (Lipinski definition) is 2. The molecule has 0 amide bonds. The van der Waals surface area contributed by atoms with Crippen molar-refractivity contribution in [1.29, 1.82) is 0 Å². The summed E-state index contributed by atoms with van der Waals surface area (Å²) >= 11 is 0. The van der Waals surface area contributed by atoms with E-state index in [-0.39, 0.29) is 5.69 Å². The van der Waals surface area contributed by atoms with E-state index in [1.165, 1.54) is 12.1 Å². The molecule has 2 N–H and O–H groups in total. The quantitative estimate of drug-likeness (QED) is 0.620. The number of hydrogen-bond acceptors (Lipinski definition) is 10. The van der Waals surface area contributed by atoms with Crippen molar-refractivity contribution >= 4 is 41.4 Å². The van der Waals surface area contributed by atoms with E-state index in [1.807, 2.05) is 0 Å². The first-order chi connectivity index (χ1) is 11.3. The fraction of sp³-hybridized carbons (Fsp3) is 0.182. The number of rotatable bonds is 5. The van der Waals surface area contributed by atoms with Crippen molar-refractivity contribution in [3.8, 4) is 0 Å². The standard InChI is InChI=1S/C11H12N4O7S3/c1-23(16,17)10-13-9(14-11(15-10)24(2,18)19)12-7-4-3-5-8(6-7)25(20,21)22/h3-6H,1-2H3,(H,20,21,22)(H,12,13,14,15). The largest absolute Gasteiger partial charge is 0.324 e. The molecule has 1 aromatic heterocycles. The molecule has 2 rings (SSSR count). The third-order valence-corrected chi connectivity index (χ3v) is 5.19. The Morgan fingerprint density at radius 1 is 0.880 bits per heavy atom. The smallest absolute Gasteiger partial charge is 0.294 e. The van der Waals surface area contributed by atoms with E-state index in [1.54, 1.807) is 0 Å². The minimum atomic E-state index is -4.47. The van der Waals surface area contributed by atoms with Gasteiger partial charge >= 0.3 is 0 Å². The molecule has 14 heteroatoms. The van der Waals surface area contributed by atoms with Gasteiger partial charge in [-0.05, 0) is 18.2 Å². The Labute approximate surface area is 143 Å². The second-order valence-electron chi connectivity index (χ2n) is 4.90. The van der Waals surface area contributed by atoms with Crippen LogP contribution < -0.4 is 5.32 Å². The van der Waals surface area contributed by atoms with Crippen molar-refractivity contribution in [1.82, 2.24) is 15.0 Å². The summed E-state index contributed by atoms with van der Waals surface area (Å²) in [5.41, 5.74) is 0.0697. The molecule has 0 aliphatic rings. The van der Waals surface area contributed by atoms with Crippen molar-refractivity contribution in [2.45, 2.75) is 15.2 Å². The molecule has 136 valence electrons. The normalized spacial score (nSPS) is 12.8. The molecule has 0 spiro atoms. The Hall–Kier alpha value is -2.16. The van der Waals surface area contributed by atoms with Crippen LogP contribution in [0.2, 0.25) is 0 Å². The molecule has 2 aromatic rings. The first kappa shape index (κ1) is 19.2. The molecule has 1 heterocycles. The topological polar surface area (TPSA) is 173 Å². The molecule has 0 radical (unpaired) electrons. The number of aromatic nitrogens is 3. The van der Waals surface area contributed by atoms with Gasteiger partial charge in [-0.2, -0.15) is 23.4 Å². The zero-order chi connectivity index (χ0) is 19.0. The molecule has 0 saturated heterocycles. The summed E-state index contributed by atoms with van der Waals surface area (Å²) in [6.07, 6.45) is 1.58. The van der Waals surface area contributed by atoms with Crippen molar-refractivity contribution in [3.05, 3.63) is 24.3 Å². The van der Waals surface area contributed by atoms with Gasteiger partial charge in [0.15, 0.2) is 0 Å². The van der Waals surface area contributed by atoms with E-state index < -0.39 is 50.9 Å². The minimum Gasteiger partial charge on any atom is -0.324 e. The molecule has 1 aromatic carbocycles. The van der Waals surface area contributed by atoms with Crippen molar-refractivity contribution in [3.63, 3.8) is 0 Å². The molecular formula is C11H12N4O7S3. The highest BCUT2D eigenvalue weighted by atomic mass is 32.2. The molecule has 0 unspecified atom stereocenters. The molecule has 11 nitrogen and oxygen atoms in total. The maximum Gasteiger partial charge on any atom is 0.294 e. The number of sulfone groups is 2. The van der Waals surface area contributed by atoms with Crippen LogP contribution in [0.15, 0.2) is 39.5 Å². The minimum absolute atomic E-state index is 0.0697. The van der Waals surface area contributed by atoms with E-state index >= 15 is 0 Å². The van der Waals surface area contributed by atoms with E-state index in [9.17, 15) is 25.3 Å². The second-order valence-corrected chi connectivity index (χ2v) is 10.1. The van der Waals surface area contributed by atoms with E-state index in [4.69, 9.17) is 4.55 Å². The Morgan fingerprint density at radius 2 is 1.40 bits per heavy atom. The Morgan fingerprint density at radius 3 is 1.84 bits per heavy atom. The van der Waals surface area contributed by atoms with Gasteiger partial charge in [0.2, 0.25) is 25.6 Å². The van der Waals surface area contributed by atoms with E-state index in [0.717, 1.165) is 24.6 Å². The zero-order valence-corrected chi connectivity index (χ0v) is 15.2. The first-order valence-corrected chi connectivity index (χ1v) is 11.5. The van der Waals surface area contributed by atoms with Gasteiger partial charge in [0.05, 0.1) is 4.90 Å². The highest BCUT2D eigenvalue weighted by Gasteiger charge is 2.21. The van der Waals surface area contributed by atoms with Crippen LogP contribution in [0, 0.1) is 0 Å². The molecule has 0 fully saturated rings. The lowest BCUT2D eigenvalue weighted by Crippen LogP contribution is -2.14. The summed E-state index contributed by atoms with van der Waals surface area (Å²) < 4.78 is 77.8. The number of benzene rings is 1. The van der Waals surface area contributed by atoms with Gasteiger partial charge in [0.25, 0.3) is 20.4 Å². The van der Waals surface area contributed by atoms with Crippen molar-refractivity contribution in [2.24, 2.45) is 0 Å². The summed E-state index contributed by atoms with van der Waals surface area (Å²) in [6.45, 7) is 0. The summed E-state index contributed by atoms with van der Waals surface area (Å²) in [5.74, 6) is -0.427. The van der Waals surface area contributed by atoms with Crippen LogP contribution in [0.1, 0.15) is 0 Å². The maximum atomic E-state index is 11.6. The molecular weight excluding hydrogens is 396 g/mol. The highest BCUT2D eigenvalue weighted by molar-refractivity contribution is 7.91. The number of nitrogens with one attached hydrogen (secondary N) is 1. The van der Waals surface area contributed by atoms with Crippen LogP contribution in [0.5, 0.6) is 0 Å². The Bertz CT molecular complexity index is 1090. The molecule has 0 aliphatic heterocycles. The summed E-state index contributed by atoms with van der Waals surface area (Å²) in [7, 11) is -12.3. The van der Waals surface area contributed by atoms with Gasteiger partial charge in [-0.15, -0.1) is 0 Å². The van der Waals surface area contributed by atoms with Gasteiger partial charge in [0, 0.05) is 18.2 Å². The van der Waals surface area contributed by atoms with E-state index in [2.05, 4.69) is 20.3 Å². The SMILES string of the molecule is CS(=O)(=O)c1nc(Nc2cccc(S(=O)(=O)O)c2)nc(S(C)(=O)=O)n1. The second kappa shape index (κ2) is 6.29. The van der Waals surface area contributed by atoms with Crippen LogP contribution >= 0.6 is 0 Å². The summed E-state index contributed by atoms with van der Waals surface area (Å²) in [5, 5.41) is 0.940. The Balaban J connectivity index is 2.57. The lowest BCUT2D eigenvalue weighted by Gasteiger charge is -2.08. The average molecular weight is 408 g/mol. The van der Waals surface area contributed by atoms with Gasteiger partial charge in [-0.25, -0.2) is 16.8 Å². The average Bonchev–Trinajstić information content (AvgIpc) is 2.44. The number of nitrogens with zero attached hydrogens (tertiary/aromatic N) is 3. The molecule has 0 atom stereocenters. The lowest BCUT2D eigenvalue weighted by molar-refractivity contribution is 0.483. The van der Waals surface area contributed by atoms with Gasteiger partial charge in [-0.3, -0.25) is 4.55 Å². The Kier molecular flexibility index (Phi) is 4.82. The van der Waals surface area contributed by atoms with Crippen LogP contribution in [0.25, 0.3) is 0 Å². The van der Waals surface area contributed by atoms with Crippen LogP contribution in [0.4, 0.5) is 11.6 Å². The fourth-order valence-corrected chi connectivity index (χ4v) is 3.18. The van der Waals surface area contributed by atoms with Crippen LogP contribution in [0.3, 0.4) is 0 Å². The maximum absolute atomic E-state index is 11.6. The van der Waals surface area contributed by atoms with Gasteiger partial charge in [0.1, 0.15) is 0 Å². The lowest BCUT2D eigenvalue weighted by atomic mass is 10.3. The predicted octanol–water partition coefficient (Wildman–Crippen LogP) is -0.331. The zero-order valence-electron chi connectivity index (χ0n) is 12.8.